The van der Waals surface area contributed by atoms with Crippen LogP contribution >= 0.6 is 0 Å². The SMILES string of the molecule is CC(C)[Si](Oc1c(F)c(F)c2c(c1F)C(F)=C(F)[C]2F)(C1CCCCC1)C(C)(C)C. The van der Waals surface area contributed by atoms with Crippen molar-refractivity contribution in [1.82, 2.24) is 0 Å². The number of benzene rings is 1. The van der Waals surface area contributed by atoms with Crippen LogP contribution in [0.5, 0.6) is 5.75 Å². The molecule has 0 heterocycles. The minimum Gasteiger partial charge on any atom is -0.538 e. The topological polar surface area (TPSA) is 9.23 Å². The highest BCUT2D eigenvalue weighted by Crippen LogP contribution is 2.57. The smallest absolute Gasteiger partial charge is 0.262 e. The van der Waals surface area contributed by atoms with Crippen LogP contribution in [0, 0.1) is 23.6 Å². The Morgan fingerprint density at radius 2 is 1.37 bits per heavy atom. The van der Waals surface area contributed by atoms with Crippen LogP contribution < -0.4 is 4.43 Å². The van der Waals surface area contributed by atoms with Crippen LogP contribution in [-0.2, 0) is 0 Å². The average Bonchev–Trinajstić information content (AvgIpc) is 2.90. The first-order chi connectivity index (χ1) is 13.9. The molecule has 1 aromatic rings. The molecule has 0 saturated heterocycles. The molecule has 8 heteroatoms. The number of allylic oxidation sites excluding steroid dienone is 1. The summed E-state index contributed by atoms with van der Waals surface area (Å²) in [4.78, 5) is 0. The predicted octanol–water partition coefficient (Wildman–Crippen LogP) is 8.44. The lowest BCUT2D eigenvalue weighted by Crippen LogP contribution is -2.57. The fraction of sp³-hybridized carbons (Fsp3) is 0.591. The summed E-state index contributed by atoms with van der Waals surface area (Å²) in [6, 6.07) is 0. The molecule has 1 fully saturated rings. The van der Waals surface area contributed by atoms with Crippen molar-refractivity contribution in [1.29, 1.82) is 0 Å². The molecular formula is C22H27F6OSi. The van der Waals surface area contributed by atoms with E-state index in [1.807, 2.05) is 34.6 Å². The maximum absolute atomic E-state index is 15.2. The van der Waals surface area contributed by atoms with Gasteiger partial charge in [0.25, 0.3) is 8.32 Å². The zero-order valence-electron chi connectivity index (χ0n) is 17.9. The Bertz CT molecular complexity index is 870. The number of hydrogen-bond donors (Lipinski definition) is 0. The second-order valence-electron chi connectivity index (χ2n) is 9.60. The van der Waals surface area contributed by atoms with Gasteiger partial charge in [-0.15, -0.1) is 0 Å². The number of fused-ring (bicyclic) bond motifs is 1. The number of hydrogen-bond acceptors (Lipinski definition) is 1. The standard InChI is InChI=1S/C22H27F6OSi/c1-11(2)30(22(3,4)5,12-9-7-6-8-10-12)29-21-18(26)14-13(17(25)20(21)28)15(23)19(27)16(14)24/h11-12H,6-10H2,1-5H3. The van der Waals surface area contributed by atoms with Gasteiger partial charge in [0.2, 0.25) is 12.0 Å². The summed E-state index contributed by atoms with van der Waals surface area (Å²) in [5.74, 6) is -10.2. The molecule has 2 aliphatic carbocycles. The lowest BCUT2D eigenvalue weighted by atomic mass is 10.0. The molecule has 30 heavy (non-hydrogen) atoms. The van der Waals surface area contributed by atoms with E-state index in [2.05, 4.69) is 0 Å². The van der Waals surface area contributed by atoms with E-state index >= 15 is 4.39 Å². The van der Waals surface area contributed by atoms with E-state index in [0.717, 1.165) is 32.1 Å². The van der Waals surface area contributed by atoms with Crippen LogP contribution in [0.15, 0.2) is 5.83 Å². The van der Waals surface area contributed by atoms with Gasteiger partial charge < -0.3 is 4.43 Å². The van der Waals surface area contributed by atoms with E-state index in [0.29, 0.717) is 0 Å². The zero-order valence-corrected chi connectivity index (χ0v) is 18.9. The van der Waals surface area contributed by atoms with Crippen molar-refractivity contribution >= 4 is 14.1 Å². The summed E-state index contributed by atoms with van der Waals surface area (Å²) < 4.78 is 92.7. The Morgan fingerprint density at radius 3 is 1.87 bits per heavy atom. The highest BCUT2D eigenvalue weighted by atomic mass is 28.4. The highest BCUT2D eigenvalue weighted by molar-refractivity contribution is 6.80. The van der Waals surface area contributed by atoms with Crippen LogP contribution in [0.2, 0.25) is 16.1 Å². The first kappa shape index (κ1) is 23.2. The van der Waals surface area contributed by atoms with E-state index in [1.54, 1.807) is 0 Å². The summed E-state index contributed by atoms with van der Waals surface area (Å²) in [7, 11) is -3.07. The second-order valence-corrected chi connectivity index (χ2v) is 14.9. The Labute approximate surface area is 174 Å². The van der Waals surface area contributed by atoms with E-state index in [4.69, 9.17) is 4.43 Å². The van der Waals surface area contributed by atoms with Gasteiger partial charge >= 0.3 is 0 Å². The van der Waals surface area contributed by atoms with Crippen molar-refractivity contribution in [3.8, 4) is 5.75 Å². The molecule has 0 bridgehead atoms. The van der Waals surface area contributed by atoms with Crippen LogP contribution in [0.1, 0.15) is 77.8 Å². The largest absolute Gasteiger partial charge is 0.538 e. The Kier molecular flexibility index (Phi) is 6.13. The molecule has 0 aromatic heterocycles. The average molecular weight is 450 g/mol. The van der Waals surface area contributed by atoms with E-state index in [-0.39, 0.29) is 11.1 Å². The number of rotatable bonds is 4. The Balaban J connectivity index is 2.23. The maximum Gasteiger partial charge on any atom is 0.262 e. The first-order valence-corrected chi connectivity index (χ1v) is 12.4. The van der Waals surface area contributed by atoms with Crippen LogP contribution in [-0.4, -0.2) is 8.32 Å². The first-order valence-electron chi connectivity index (χ1n) is 10.3. The second kappa shape index (κ2) is 7.91. The summed E-state index contributed by atoms with van der Waals surface area (Å²) in [6.45, 7) is 9.63. The van der Waals surface area contributed by atoms with Gasteiger partial charge in [0, 0.05) is 0 Å². The molecule has 0 aliphatic heterocycles. The minimum atomic E-state index is -3.07. The van der Waals surface area contributed by atoms with Gasteiger partial charge in [-0.25, -0.2) is 22.0 Å². The molecule has 3 rings (SSSR count). The zero-order chi connectivity index (χ0) is 22.6. The summed E-state index contributed by atoms with van der Waals surface area (Å²) in [5, 5.41) is -0.492. The van der Waals surface area contributed by atoms with Crippen LogP contribution in [0.25, 0.3) is 5.83 Å². The van der Waals surface area contributed by atoms with Crippen molar-refractivity contribution in [3.63, 3.8) is 0 Å². The van der Waals surface area contributed by atoms with Crippen molar-refractivity contribution in [2.24, 2.45) is 0 Å². The highest BCUT2D eigenvalue weighted by Gasteiger charge is 2.57. The van der Waals surface area contributed by atoms with Gasteiger partial charge in [-0.05, 0) is 29.0 Å². The van der Waals surface area contributed by atoms with Gasteiger partial charge in [-0.2, -0.15) is 4.39 Å². The normalized spacial score (nSPS) is 20.7. The summed E-state index contributed by atoms with van der Waals surface area (Å²) in [5.41, 5.74) is -2.65. The lowest BCUT2D eigenvalue weighted by Gasteiger charge is -2.51. The monoisotopic (exact) mass is 449 g/mol. The Hall–Kier alpha value is -1.44. The molecule has 1 aromatic carbocycles. The van der Waals surface area contributed by atoms with Gasteiger partial charge in [0.1, 0.15) is 0 Å². The van der Waals surface area contributed by atoms with E-state index in [9.17, 15) is 22.0 Å². The van der Waals surface area contributed by atoms with E-state index < -0.39 is 65.5 Å². The summed E-state index contributed by atoms with van der Waals surface area (Å²) >= 11 is 0. The van der Waals surface area contributed by atoms with Crippen molar-refractivity contribution < 1.29 is 30.8 Å². The minimum absolute atomic E-state index is 0.0572. The molecule has 1 unspecified atom stereocenters. The molecule has 1 atom stereocenters. The Morgan fingerprint density at radius 1 is 0.800 bits per heavy atom. The molecule has 1 saturated carbocycles. The van der Waals surface area contributed by atoms with Crippen LogP contribution in [0.4, 0.5) is 26.3 Å². The molecule has 1 radical (unpaired) electrons. The van der Waals surface area contributed by atoms with Gasteiger partial charge in [-0.1, -0.05) is 53.9 Å². The lowest BCUT2D eigenvalue weighted by molar-refractivity contribution is 0.349. The maximum atomic E-state index is 15.2. The molecule has 2 aliphatic rings. The molecule has 0 spiro atoms. The quantitative estimate of drug-likeness (QED) is 0.255. The van der Waals surface area contributed by atoms with E-state index in [1.165, 1.54) is 0 Å². The van der Waals surface area contributed by atoms with Crippen molar-refractivity contribution in [2.45, 2.75) is 82.8 Å². The molecule has 1 nitrogen and oxygen atoms in total. The third kappa shape index (κ3) is 3.29. The predicted molar refractivity (Wildman–Crippen MR) is 107 cm³/mol. The third-order valence-corrected chi connectivity index (χ3v) is 13.0. The third-order valence-electron chi connectivity index (χ3n) is 6.62. The number of halogens is 6. The fourth-order valence-electron chi connectivity index (χ4n) is 5.46. The molecule has 0 amide bonds. The molecular weight excluding hydrogens is 422 g/mol. The summed E-state index contributed by atoms with van der Waals surface area (Å²) in [6.07, 6.45) is 2.67. The van der Waals surface area contributed by atoms with Gasteiger partial charge in [0.05, 0.1) is 11.1 Å². The van der Waals surface area contributed by atoms with Crippen molar-refractivity contribution in [2.75, 3.05) is 0 Å². The fourth-order valence-corrected chi connectivity index (χ4v) is 11.9. The molecule has 0 N–H and O–H groups in total. The van der Waals surface area contributed by atoms with Gasteiger partial charge in [-0.3, -0.25) is 0 Å². The van der Waals surface area contributed by atoms with Gasteiger partial charge in [0.15, 0.2) is 29.0 Å². The molecule has 167 valence electrons. The van der Waals surface area contributed by atoms with Crippen LogP contribution in [0.3, 0.4) is 0 Å². The van der Waals surface area contributed by atoms with Crippen molar-refractivity contribution in [3.05, 3.63) is 40.6 Å².